The second-order valence-corrected chi connectivity index (χ2v) is 3.09. The molecule has 0 rings (SSSR count). The van der Waals surface area contributed by atoms with Crippen LogP contribution in [0, 0.1) is 5.92 Å². The third kappa shape index (κ3) is 4.41. The summed E-state index contributed by atoms with van der Waals surface area (Å²) >= 11 is 0. The van der Waals surface area contributed by atoms with Crippen LogP contribution >= 0.6 is 0 Å². The lowest BCUT2D eigenvalue weighted by Crippen LogP contribution is -2.43. The van der Waals surface area contributed by atoms with E-state index >= 15 is 0 Å². The van der Waals surface area contributed by atoms with Crippen LogP contribution in [0.2, 0.25) is 0 Å². The van der Waals surface area contributed by atoms with Gasteiger partial charge in [0.1, 0.15) is 0 Å². The van der Waals surface area contributed by atoms with Gasteiger partial charge in [-0.05, 0) is 18.8 Å². The largest absolute Gasteiger partial charge is 0.325 e. The molecule has 0 aromatic rings. The molecule has 0 saturated carbocycles. The highest BCUT2D eigenvalue weighted by Gasteiger charge is 2.23. The summed E-state index contributed by atoms with van der Waals surface area (Å²) in [7, 11) is 0. The Morgan fingerprint density at radius 2 is 1.36 bits per heavy atom. The van der Waals surface area contributed by atoms with Gasteiger partial charge in [-0.2, -0.15) is 0 Å². The van der Waals surface area contributed by atoms with Gasteiger partial charge in [0.25, 0.3) is 0 Å². The normalized spacial score (nSPS) is 10.9. The lowest BCUT2D eigenvalue weighted by molar-refractivity contribution is 0.288. The van der Waals surface area contributed by atoms with Gasteiger partial charge in [0.2, 0.25) is 0 Å². The van der Waals surface area contributed by atoms with Crippen molar-refractivity contribution in [1.29, 1.82) is 0 Å². The first-order chi connectivity index (χ1) is 5.06. The lowest BCUT2D eigenvalue weighted by Gasteiger charge is -2.30. The highest BCUT2D eigenvalue weighted by molar-refractivity contribution is 4.83. The van der Waals surface area contributed by atoms with Crippen molar-refractivity contribution in [3.05, 3.63) is 0 Å². The zero-order valence-electron chi connectivity index (χ0n) is 9.07. The molecule has 0 aliphatic rings. The third-order valence-corrected chi connectivity index (χ3v) is 2.47. The first kappa shape index (κ1) is 13.5. The van der Waals surface area contributed by atoms with Gasteiger partial charge >= 0.3 is 0 Å². The molecule has 11 heavy (non-hydrogen) atoms. The van der Waals surface area contributed by atoms with Crippen LogP contribution < -0.4 is 5.73 Å². The Bertz CT molecular complexity index is 72.9. The fourth-order valence-electron chi connectivity index (χ4n) is 1.07. The number of hydrogen-bond donors (Lipinski definition) is 1. The van der Waals surface area contributed by atoms with Crippen molar-refractivity contribution in [3.63, 3.8) is 0 Å². The lowest BCUT2D eigenvalue weighted by atomic mass is 9.83. The Kier molecular flexibility index (Phi) is 8.20. The van der Waals surface area contributed by atoms with Gasteiger partial charge in [-0.25, -0.2) is 0 Å². The maximum Gasteiger partial charge on any atom is 0.0172 e. The molecule has 1 nitrogen and oxygen atoms in total. The fraction of sp³-hybridized carbons (Fsp3) is 1.00. The van der Waals surface area contributed by atoms with E-state index < -0.39 is 0 Å². The summed E-state index contributed by atoms with van der Waals surface area (Å²) in [6, 6.07) is 0. The van der Waals surface area contributed by atoms with E-state index in [0.717, 1.165) is 12.8 Å². The summed E-state index contributed by atoms with van der Waals surface area (Å²) in [5.41, 5.74) is 6.12. The van der Waals surface area contributed by atoms with Crippen molar-refractivity contribution in [2.45, 2.75) is 59.9 Å². The molecule has 0 aromatic heterocycles. The summed E-state index contributed by atoms with van der Waals surface area (Å²) in [5, 5.41) is 0. The van der Waals surface area contributed by atoms with Crippen molar-refractivity contribution >= 4 is 0 Å². The van der Waals surface area contributed by atoms with E-state index in [1.807, 2.05) is 13.8 Å². The van der Waals surface area contributed by atoms with Crippen molar-refractivity contribution in [1.82, 2.24) is 0 Å². The van der Waals surface area contributed by atoms with Gasteiger partial charge in [0, 0.05) is 5.54 Å². The van der Waals surface area contributed by atoms with Gasteiger partial charge in [-0.15, -0.1) is 0 Å². The minimum atomic E-state index is 0.0833. The molecular weight excluding hydrogens is 134 g/mol. The SMILES string of the molecule is CC.CCC(N)(CC)C(C)C. The molecule has 0 aliphatic carbocycles. The Morgan fingerprint density at radius 1 is 1.09 bits per heavy atom. The summed E-state index contributed by atoms with van der Waals surface area (Å²) in [5.74, 6) is 0.604. The maximum absolute atomic E-state index is 6.04. The standard InChI is InChI=1S/C8H19N.C2H6/c1-5-8(9,6-2)7(3)4;1-2/h7H,5-6,9H2,1-4H3;1-2H3. The average molecular weight is 159 g/mol. The van der Waals surface area contributed by atoms with E-state index in [1.54, 1.807) is 0 Å². The molecule has 0 saturated heterocycles. The molecule has 0 unspecified atom stereocenters. The van der Waals surface area contributed by atoms with Crippen LogP contribution in [0.3, 0.4) is 0 Å². The van der Waals surface area contributed by atoms with Crippen LogP contribution in [-0.4, -0.2) is 5.54 Å². The van der Waals surface area contributed by atoms with E-state index in [9.17, 15) is 0 Å². The maximum atomic E-state index is 6.04. The average Bonchev–Trinajstić information content (AvgIpc) is 2.06. The van der Waals surface area contributed by atoms with Gasteiger partial charge in [0.05, 0.1) is 0 Å². The van der Waals surface area contributed by atoms with E-state index in [-0.39, 0.29) is 5.54 Å². The van der Waals surface area contributed by atoms with Crippen LogP contribution in [0.25, 0.3) is 0 Å². The zero-order valence-corrected chi connectivity index (χ0v) is 9.07. The van der Waals surface area contributed by atoms with Crippen molar-refractivity contribution in [3.8, 4) is 0 Å². The molecule has 0 bridgehead atoms. The highest BCUT2D eigenvalue weighted by atomic mass is 14.7. The number of nitrogens with two attached hydrogens (primary N) is 1. The summed E-state index contributed by atoms with van der Waals surface area (Å²) in [6.45, 7) is 12.7. The summed E-state index contributed by atoms with van der Waals surface area (Å²) in [6.07, 6.45) is 2.17. The Labute approximate surface area is 72.4 Å². The summed E-state index contributed by atoms with van der Waals surface area (Å²) < 4.78 is 0. The summed E-state index contributed by atoms with van der Waals surface area (Å²) in [4.78, 5) is 0. The molecular formula is C10H25N. The third-order valence-electron chi connectivity index (χ3n) is 2.47. The molecule has 0 amide bonds. The monoisotopic (exact) mass is 159 g/mol. The van der Waals surface area contributed by atoms with E-state index in [2.05, 4.69) is 27.7 Å². The molecule has 0 fully saturated rings. The first-order valence-corrected chi connectivity index (χ1v) is 4.85. The first-order valence-electron chi connectivity index (χ1n) is 4.85. The van der Waals surface area contributed by atoms with Crippen LogP contribution in [0.4, 0.5) is 0 Å². The second kappa shape index (κ2) is 6.66. The molecule has 2 N–H and O–H groups in total. The molecule has 0 aromatic carbocycles. The zero-order chi connectivity index (χ0) is 9.49. The molecule has 0 spiro atoms. The van der Waals surface area contributed by atoms with Crippen LogP contribution in [0.1, 0.15) is 54.4 Å². The Hall–Kier alpha value is -0.0400. The molecule has 0 atom stereocenters. The molecule has 70 valence electrons. The smallest absolute Gasteiger partial charge is 0.0172 e. The molecule has 0 aliphatic heterocycles. The van der Waals surface area contributed by atoms with Gasteiger partial charge in [-0.3, -0.25) is 0 Å². The van der Waals surface area contributed by atoms with Crippen molar-refractivity contribution in [2.24, 2.45) is 11.7 Å². The van der Waals surface area contributed by atoms with Crippen LogP contribution in [0.5, 0.6) is 0 Å². The van der Waals surface area contributed by atoms with E-state index in [4.69, 9.17) is 5.73 Å². The minimum Gasteiger partial charge on any atom is -0.325 e. The number of hydrogen-bond acceptors (Lipinski definition) is 1. The predicted octanol–water partition coefficient (Wildman–Crippen LogP) is 3.19. The second-order valence-electron chi connectivity index (χ2n) is 3.09. The highest BCUT2D eigenvalue weighted by Crippen LogP contribution is 2.20. The van der Waals surface area contributed by atoms with Crippen LogP contribution in [0.15, 0.2) is 0 Å². The Morgan fingerprint density at radius 3 is 1.36 bits per heavy atom. The van der Waals surface area contributed by atoms with Crippen molar-refractivity contribution < 1.29 is 0 Å². The predicted molar refractivity (Wildman–Crippen MR) is 53.7 cm³/mol. The molecule has 0 heterocycles. The van der Waals surface area contributed by atoms with Gasteiger partial charge < -0.3 is 5.73 Å². The Balaban J connectivity index is 0. The van der Waals surface area contributed by atoms with Gasteiger partial charge in [-0.1, -0.05) is 41.5 Å². The topological polar surface area (TPSA) is 26.0 Å². The van der Waals surface area contributed by atoms with Crippen molar-refractivity contribution in [2.75, 3.05) is 0 Å². The van der Waals surface area contributed by atoms with E-state index in [1.165, 1.54) is 0 Å². The van der Waals surface area contributed by atoms with Crippen LogP contribution in [-0.2, 0) is 0 Å². The van der Waals surface area contributed by atoms with E-state index in [0.29, 0.717) is 5.92 Å². The quantitative estimate of drug-likeness (QED) is 0.672. The number of rotatable bonds is 3. The van der Waals surface area contributed by atoms with Gasteiger partial charge in [0.15, 0.2) is 0 Å². The minimum absolute atomic E-state index is 0.0833. The molecule has 0 radical (unpaired) electrons. The molecule has 1 heteroatoms. The fourth-order valence-corrected chi connectivity index (χ4v) is 1.07.